The number of hydrogen-bond acceptors (Lipinski definition) is 6. The molecule has 7 heteroatoms. The fraction of sp³-hybridized carbons (Fsp3) is 0.417. The smallest absolute Gasteiger partial charge is 0.147 e. The van der Waals surface area contributed by atoms with Gasteiger partial charge in [-0.05, 0) is 13.3 Å². The van der Waals surface area contributed by atoms with Crippen molar-refractivity contribution >= 4 is 17.6 Å². The maximum absolute atomic E-state index is 5.52. The van der Waals surface area contributed by atoms with Gasteiger partial charge in [-0.2, -0.15) is 5.10 Å². The Balaban J connectivity index is 2.34. The van der Waals surface area contributed by atoms with Crippen LogP contribution in [0.15, 0.2) is 22.3 Å². The standard InChI is InChI=1S/C12H18N6S/c1-4-5-10-15-11(17-13)8(2)12(16-10)19-9-6-14-18(3)7-9/h6-7H,4-5,13H2,1-3H3,(H,15,16,17). The fourth-order valence-corrected chi connectivity index (χ4v) is 2.61. The van der Waals surface area contributed by atoms with Crippen molar-refractivity contribution in [2.75, 3.05) is 5.43 Å². The van der Waals surface area contributed by atoms with Crippen LogP contribution in [0.2, 0.25) is 0 Å². The maximum atomic E-state index is 5.52. The van der Waals surface area contributed by atoms with Crippen molar-refractivity contribution in [2.24, 2.45) is 12.9 Å². The average molecular weight is 278 g/mol. The Hall–Kier alpha value is -1.60. The van der Waals surface area contributed by atoms with E-state index in [9.17, 15) is 0 Å². The molecule has 0 spiro atoms. The number of nitrogen functional groups attached to an aromatic ring is 1. The quantitative estimate of drug-likeness (QED) is 0.494. The minimum absolute atomic E-state index is 0.685. The summed E-state index contributed by atoms with van der Waals surface area (Å²) in [5, 5.41) is 5.07. The van der Waals surface area contributed by atoms with Crippen LogP contribution in [0.3, 0.4) is 0 Å². The van der Waals surface area contributed by atoms with Gasteiger partial charge in [0.05, 0.1) is 11.1 Å². The summed E-state index contributed by atoms with van der Waals surface area (Å²) in [5.74, 6) is 7.01. The van der Waals surface area contributed by atoms with E-state index in [2.05, 4.69) is 27.4 Å². The van der Waals surface area contributed by atoms with Crippen molar-refractivity contribution in [3.8, 4) is 0 Å². The van der Waals surface area contributed by atoms with Gasteiger partial charge in [0.1, 0.15) is 16.7 Å². The molecular weight excluding hydrogens is 260 g/mol. The van der Waals surface area contributed by atoms with E-state index < -0.39 is 0 Å². The number of nitrogens with one attached hydrogen (secondary N) is 1. The van der Waals surface area contributed by atoms with Crippen LogP contribution in [-0.4, -0.2) is 19.7 Å². The lowest BCUT2D eigenvalue weighted by Gasteiger charge is -2.10. The molecule has 2 heterocycles. The molecule has 0 unspecified atom stereocenters. The van der Waals surface area contributed by atoms with Crippen LogP contribution >= 0.6 is 11.8 Å². The van der Waals surface area contributed by atoms with Crippen LogP contribution in [0.25, 0.3) is 0 Å². The van der Waals surface area contributed by atoms with E-state index in [1.165, 1.54) is 0 Å². The number of hydrogen-bond donors (Lipinski definition) is 2. The van der Waals surface area contributed by atoms with Crippen molar-refractivity contribution < 1.29 is 0 Å². The summed E-state index contributed by atoms with van der Waals surface area (Å²) in [6, 6.07) is 0. The first-order chi connectivity index (χ1) is 9.13. The molecule has 0 saturated carbocycles. The Kier molecular flexibility index (Phi) is 4.39. The Morgan fingerprint density at radius 3 is 2.79 bits per heavy atom. The summed E-state index contributed by atoms with van der Waals surface area (Å²) in [6.45, 7) is 4.07. The summed E-state index contributed by atoms with van der Waals surface area (Å²) in [6.07, 6.45) is 5.63. The third kappa shape index (κ3) is 3.24. The van der Waals surface area contributed by atoms with Crippen LogP contribution in [0.4, 0.5) is 5.82 Å². The van der Waals surface area contributed by atoms with E-state index >= 15 is 0 Å². The van der Waals surface area contributed by atoms with E-state index in [4.69, 9.17) is 5.84 Å². The van der Waals surface area contributed by atoms with Crippen molar-refractivity contribution in [2.45, 2.75) is 36.6 Å². The molecule has 102 valence electrons. The van der Waals surface area contributed by atoms with Gasteiger partial charge in [0.2, 0.25) is 0 Å². The predicted octanol–water partition coefficient (Wildman–Crippen LogP) is 1.91. The first-order valence-electron chi connectivity index (χ1n) is 6.14. The summed E-state index contributed by atoms with van der Waals surface area (Å²) in [4.78, 5) is 10.1. The minimum atomic E-state index is 0.685. The van der Waals surface area contributed by atoms with Gasteiger partial charge in [0, 0.05) is 25.2 Å². The zero-order chi connectivity index (χ0) is 13.8. The lowest BCUT2D eigenvalue weighted by molar-refractivity contribution is 0.766. The third-order valence-electron chi connectivity index (χ3n) is 2.65. The van der Waals surface area contributed by atoms with Gasteiger partial charge in [-0.15, -0.1) is 0 Å². The first-order valence-corrected chi connectivity index (χ1v) is 6.96. The predicted molar refractivity (Wildman–Crippen MR) is 75.9 cm³/mol. The van der Waals surface area contributed by atoms with Crippen molar-refractivity contribution in [3.05, 3.63) is 23.8 Å². The van der Waals surface area contributed by atoms with Gasteiger partial charge in [-0.3, -0.25) is 4.68 Å². The summed E-state index contributed by atoms with van der Waals surface area (Å²) >= 11 is 1.57. The summed E-state index contributed by atoms with van der Waals surface area (Å²) < 4.78 is 1.77. The molecule has 0 radical (unpaired) electrons. The fourth-order valence-electron chi connectivity index (χ4n) is 1.68. The first kappa shape index (κ1) is 13.8. The van der Waals surface area contributed by atoms with E-state index in [1.54, 1.807) is 16.4 Å². The van der Waals surface area contributed by atoms with E-state index in [0.29, 0.717) is 5.82 Å². The van der Waals surface area contributed by atoms with Gasteiger partial charge in [-0.25, -0.2) is 15.8 Å². The summed E-state index contributed by atoms with van der Waals surface area (Å²) in [5.41, 5.74) is 3.59. The van der Waals surface area contributed by atoms with Gasteiger partial charge in [0.25, 0.3) is 0 Å². The highest BCUT2D eigenvalue weighted by Crippen LogP contribution is 2.30. The second kappa shape index (κ2) is 6.03. The second-order valence-corrected chi connectivity index (χ2v) is 5.33. The van der Waals surface area contributed by atoms with Gasteiger partial charge in [0.15, 0.2) is 0 Å². The Morgan fingerprint density at radius 2 is 2.21 bits per heavy atom. The minimum Gasteiger partial charge on any atom is -0.308 e. The largest absolute Gasteiger partial charge is 0.308 e. The molecule has 0 atom stereocenters. The molecule has 0 aliphatic heterocycles. The molecule has 6 nitrogen and oxygen atoms in total. The normalized spacial score (nSPS) is 10.7. The van der Waals surface area contributed by atoms with Crippen LogP contribution in [-0.2, 0) is 13.5 Å². The SMILES string of the molecule is CCCc1nc(NN)c(C)c(Sc2cnn(C)c2)n1. The number of rotatable bonds is 5. The third-order valence-corrected chi connectivity index (χ3v) is 3.69. The van der Waals surface area contributed by atoms with Crippen molar-refractivity contribution in [1.82, 2.24) is 19.7 Å². The molecule has 0 fully saturated rings. The molecule has 2 aromatic rings. The number of aromatic nitrogens is 4. The molecule has 2 rings (SSSR count). The number of hydrazine groups is 1. The molecule has 3 N–H and O–H groups in total. The zero-order valence-corrected chi connectivity index (χ0v) is 12.2. The highest BCUT2D eigenvalue weighted by molar-refractivity contribution is 7.99. The monoisotopic (exact) mass is 278 g/mol. The lowest BCUT2D eigenvalue weighted by atomic mass is 10.3. The molecule has 0 bridgehead atoms. The second-order valence-electron chi connectivity index (χ2n) is 4.26. The molecular formula is C12H18N6S. The molecule has 0 aromatic carbocycles. The van der Waals surface area contributed by atoms with Gasteiger partial charge < -0.3 is 5.43 Å². The number of aryl methyl sites for hydroxylation is 2. The average Bonchev–Trinajstić information content (AvgIpc) is 2.79. The van der Waals surface area contributed by atoms with Crippen LogP contribution in [0, 0.1) is 6.92 Å². The Bertz CT molecular complexity index is 565. The van der Waals surface area contributed by atoms with E-state index in [1.807, 2.05) is 26.4 Å². The topological polar surface area (TPSA) is 81.6 Å². The molecule has 0 aliphatic carbocycles. The van der Waals surface area contributed by atoms with Crippen LogP contribution in [0.1, 0.15) is 24.7 Å². The summed E-state index contributed by atoms with van der Waals surface area (Å²) in [7, 11) is 1.90. The van der Waals surface area contributed by atoms with E-state index in [-0.39, 0.29) is 0 Å². The van der Waals surface area contributed by atoms with E-state index in [0.717, 1.165) is 34.2 Å². The van der Waals surface area contributed by atoms with Crippen molar-refractivity contribution in [3.63, 3.8) is 0 Å². The zero-order valence-electron chi connectivity index (χ0n) is 11.3. The van der Waals surface area contributed by atoms with Crippen LogP contribution < -0.4 is 11.3 Å². The van der Waals surface area contributed by atoms with Crippen LogP contribution in [0.5, 0.6) is 0 Å². The molecule has 0 amide bonds. The highest BCUT2D eigenvalue weighted by atomic mass is 32.2. The Morgan fingerprint density at radius 1 is 1.42 bits per heavy atom. The lowest BCUT2D eigenvalue weighted by Crippen LogP contribution is -2.13. The molecule has 19 heavy (non-hydrogen) atoms. The maximum Gasteiger partial charge on any atom is 0.147 e. The molecule has 0 aliphatic rings. The van der Waals surface area contributed by atoms with Crippen molar-refractivity contribution in [1.29, 1.82) is 0 Å². The number of nitrogens with two attached hydrogens (primary N) is 1. The number of nitrogens with zero attached hydrogens (tertiary/aromatic N) is 4. The van der Waals surface area contributed by atoms with Gasteiger partial charge >= 0.3 is 0 Å². The Labute approximate surface area is 116 Å². The highest BCUT2D eigenvalue weighted by Gasteiger charge is 2.12. The molecule has 0 saturated heterocycles. The molecule has 2 aromatic heterocycles. The van der Waals surface area contributed by atoms with Gasteiger partial charge in [-0.1, -0.05) is 18.7 Å². The number of anilines is 1.